The molecule has 2 aromatic heterocycles. The van der Waals surface area contributed by atoms with Crippen molar-refractivity contribution in [2.24, 2.45) is 0 Å². The number of nitrogen functional groups attached to an aromatic ring is 1. The number of rotatable bonds is 4. The van der Waals surface area contributed by atoms with Crippen LogP contribution in [0.5, 0.6) is 0 Å². The number of thiophene rings is 1. The maximum absolute atomic E-state index is 12.4. The fourth-order valence-corrected chi connectivity index (χ4v) is 2.36. The lowest BCUT2D eigenvalue weighted by Crippen LogP contribution is -2.36. The first-order chi connectivity index (χ1) is 9.08. The molecule has 2 aromatic rings. The first-order valence-corrected chi connectivity index (χ1v) is 6.86. The van der Waals surface area contributed by atoms with Crippen molar-refractivity contribution in [3.63, 3.8) is 0 Å². The van der Waals surface area contributed by atoms with Crippen molar-refractivity contribution in [2.45, 2.75) is 26.4 Å². The highest BCUT2D eigenvalue weighted by Gasteiger charge is 2.20. The molecule has 0 aliphatic carbocycles. The predicted octanol–water partition coefficient (Wildman–Crippen LogP) is 2.17. The summed E-state index contributed by atoms with van der Waals surface area (Å²) in [5.41, 5.74) is 5.79. The van der Waals surface area contributed by atoms with Gasteiger partial charge < -0.3 is 10.6 Å². The van der Waals surface area contributed by atoms with Crippen LogP contribution < -0.4 is 5.73 Å². The quantitative estimate of drug-likeness (QED) is 0.929. The SMILES string of the molecule is CC(C)N(Cc1cccs1)C(=O)c1cnc(N)cn1. The molecule has 0 fully saturated rings. The molecule has 2 heterocycles. The van der Waals surface area contributed by atoms with Crippen molar-refractivity contribution in [3.8, 4) is 0 Å². The number of nitrogens with zero attached hydrogens (tertiary/aromatic N) is 3. The Hall–Kier alpha value is -1.95. The second-order valence-corrected chi connectivity index (χ2v) is 5.46. The van der Waals surface area contributed by atoms with E-state index < -0.39 is 0 Å². The number of hydrogen-bond donors (Lipinski definition) is 1. The van der Waals surface area contributed by atoms with E-state index in [-0.39, 0.29) is 11.9 Å². The molecule has 5 nitrogen and oxygen atoms in total. The fourth-order valence-electron chi connectivity index (χ4n) is 1.65. The average molecular weight is 276 g/mol. The van der Waals surface area contributed by atoms with Gasteiger partial charge >= 0.3 is 0 Å². The van der Waals surface area contributed by atoms with E-state index in [4.69, 9.17) is 5.73 Å². The van der Waals surface area contributed by atoms with Crippen LogP contribution in [0.1, 0.15) is 29.2 Å². The van der Waals surface area contributed by atoms with Gasteiger partial charge in [0.25, 0.3) is 5.91 Å². The molecule has 0 aliphatic heterocycles. The van der Waals surface area contributed by atoms with Gasteiger partial charge in [0.15, 0.2) is 0 Å². The Labute approximate surface area is 116 Å². The van der Waals surface area contributed by atoms with Gasteiger partial charge in [0.2, 0.25) is 0 Å². The number of carbonyl (C=O) groups is 1. The zero-order valence-corrected chi connectivity index (χ0v) is 11.7. The standard InChI is InChI=1S/C13H16N4OS/c1-9(2)17(8-10-4-3-5-19-10)13(18)11-6-16-12(14)7-15-11/h3-7,9H,8H2,1-2H3,(H2,14,16). The van der Waals surface area contributed by atoms with E-state index >= 15 is 0 Å². The summed E-state index contributed by atoms with van der Waals surface area (Å²) in [5.74, 6) is 0.182. The topological polar surface area (TPSA) is 72.1 Å². The van der Waals surface area contributed by atoms with Crippen LogP contribution in [0.2, 0.25) is 0 Å². The smallest absolute Gasteiger partial charge is 0.274 e. The van der Waals surface area contributed by atoms with E-state index in [2.05, 4.69) is 9.97 Å². The Bertz CT molecular complexity index is 536. The number of nitrogens with two attached hydrogens (primary N) is 1. The Balaban J connectivity index is 2.19. The van der Waals surface area contributed by atoms with Crippen LogP contribution in [-0.2, 0) is 6.54 Å². The molecule has 0 saturated heterocycles. The minimum Gasteiger partial charge on any atom is -0.382 e. The normalized spacial score (nSPS) is 10.7. The van der Waals surface area contributed by atoms with Crippen LogP contribution in [0.4, 0.5) is 5.82 Å². The molecule has 2 N–H and O–H groups in total. The molecule has 19 heavy (non-hydrogen) atoms. The lowest BCUT2D eigenvalue weighted by atomic mass is 10.2. The molecule has 2 rings (SSSR count). The third-order valence-electron chi connectivity index (χ3n) is 2.68. The highest BCUT2D eigenvalue weighted by atomic mass is 32.1. The maximum atomic E-state index is 12.4. The van der Waals surface area contributed by atoms with Crippen LogP contribution in [0.15, 0.2) is 29.9 Å². The first kappa shape index (κ1) is 13.5. The monoisotopic (exact) mass is 276 g/mol. The molecular formula is C13H16N4OS. The third kappa shape index (κ3) is 3.29. The van der Waals surface area contributed by atoms with Crippen LogP contribution in [0.25, 0.3) is 0 Å². The Morgan fingerprint density at radius 2 is 2.21 bits per heavy atom. The van der Waals surface area contributed by atoms with Crippen molar-refractivity contribution in [1.29, 1.82) is 0 Å². The van der Waals surface area contributed by atoms with Crippen molar-refractivity contribution < 1.29 is 4.79 Å². The lowest BCUT2D eigenvalue weighted by molar-refractivity contribution is 0.0686. The zero-order valence-electron chi connectivity index (χ0n) is 10.9. The largest absolute Gasteiger partial charge is 0.382 e. The molecule has 0 aliphatic rings. The second kappa shape index (κ2) is 5.79. The summed E-state index contributed by atoms with van der Waals surface area (Å²) >= 11 is 1.63. The minimum atomic E-state index is -0.129. The molecule has 100 valence electrons. The molecule has 1 amide bonds. The summed E-state index contributed by atoms with van der Waals surface area (Å²) in [6.07, 6.45) is 2.82. The van der Waals surface area contributed by atoms with Crippen molar-refractivity contribution >= 4 is 23.1 Å². The van der Waals surface area contributed by atoms with Gasteiger partial charge in [-0.3, -0.25) is 4.79 Å². The molecule has 0 spiro atoms. The van der Waals surface area contributed by atoms with Crippen LogP contribution >= 0.6 is 11.3 Å². The molecule has 0 unspecified atom stereocenters. The molecular weight excluding hydrogens is 260 g/mol. The third-order valence-corrected chi connectivity index (χ3v) is 3.54. The van der Waals surface area contributed by atoms with Gasteiger partial charge in [-0.15, -0.1) is 11.3 Å². The van der Waals surface area contributed by atoms with Gasteiger partial charge in [-0.25, -0.2) is 9.97 Å². The highest BCUT2D eigenvalue weighted by molar-refractivity contribution is 7.09. The number of amides is 1. The summed E-state index contributed by atoms with van der Waals surface area (Å²) in [7, 11) is 0. The Morgan fingerprint density at radius 1 is 1.42 bits per heavy atom. The first-order valence-electron chi connectivity index (χ1n) is 5.99. The summed E-state index contributed by atoms with van der Waals surface area (Å²) in [4.78, 5) is 23.3. The molecule has 6 heteroatoms. The van der Waals surface area contributed by atoms with Crippen LogP contribution in [-0.4, -0.2) is 26.8 Å². The van der Waals surface area contributed by atoms with Crippen LogP contribution in [0.3, 0.4) is 0 Å². The van der Waals surface area contributed by atoms with Gasteiger partial charge in [0, 0.05) is 10.9 Å². The summed E-state index contributed by atoms with van der Waals surface area (Å²) in [6, 6.07) is 4.09. The van der Waals surface area contributed by atoms with Crippen LogP contribution in [0, 0.1) is 0 Å². The van der Waals surface area contributed by atoms with Crippen molar-refractivity contribution in [3.05, 3.63) is 40.5 Å². The fraction of sp³-hybridized carbons (Fsp3) is 0.308. The van der Waals surface area contributed by atoms with Crippen molar-refractivity contribution in [2.75, 3.05) is 5.73 Å². The number of anilines is 1. The van der Waals surface area contributed by atoms with E-state index in [9.17, 15) is 4.79 Å². The number of hydrogen-bond acceptors (Lipinski definition) is 5. The molecule has 0 atom stereocenters. The van der Waals surface area contributed by atoms with E-state index in [0.29, 0.717) is 18.1 Å². The Kier molecular flexibility index (Phi) is 4.11. The predicted molar refractivity (Wildman–Crippen MR) is 75.8 cm³/mol. The number of aromatic nitrogens is 2. The van der Waals surface area contributed by atoms with Gasteiger partial charge in [0.05, 0.1) is 18.9 Å². The summed E-state index contributed by atoms with van der Waals surface area (Å²) < 4.78 is 0. The molecule has 0 saturated carbocycles. The summed E-state index contributed by atoms with van der Waals surface area (Å²) in [5, 5.41) is 2.00. The van der Waals surface area contributed by atoms with E-state index in [1.165, 1.54) is 12.4 Å². The highest BCUT2D eigenvalue weighted by Crippen LogP contribution is 2.16. The summed E-state index contributed by atoms with van der Waals surface area (Å²) in [6.45, 7) is 4.55. The van der Waals surface area contributed by atoms with Crippen molar-refractivity contribution in [1.82, 2.24) is 14.9 Å². The zero-order chi connectivity index (χ0) is 13.8. The lowest BCUT2D eigenvalue weighted by Gasteiger charge is -2.25. The van der Waals surface area contributed by atoms with E-state index in [1.807, 2.05) is 31.4 Å². The number of carbonyl (C=O) groups excluding carboxylic acids is 1. The minimum absolute atomic E-state index is 0.0916. The van der Waals surface area contributed by atoms with Gasteiger partial charge in [-0.05, 0) is 25.3 Å². The van der Waals surface area contributed by atoms with E-state index in [0.717, 1.165) is 4.88 Å². The Morgan fingerprint density at radius 3 is 2.74 bits per heavy atom. The maximum Gasteiger partial charge on any atom is 0.274 e. The molecule has 0 radical (unpaired) electrons. The second-order valence-electron chi connectivity index (χ2n) is 4.43. The van der Waals surface area contributed by atoms with Gasteiger partial charge in [-0.2, -0.15) is 0 Å². The molecule has 0 aromatic carbocycles. The van der Waals surface area contributed by atoms with Gasteiger partial charge in [0.1, 0.15) is 11.5 Å². The average Bonchev–Trinajstić information content (AvgIpc) is 2.88. The van der Waals surface area contributed by atoms with Gasteiger partial charge in [-0.1, -0.05) is 6.07 Å². The van der Waals surface area contributed by atoms with E-state index in [1.54, 1.807) is 16.2 Å². The molecule has 0 bridgehead atoms.